The molecule has 1 aliphatic rings. The van der Waals surface area contributed by atoms with Gasteiger partial charge in [-0.1, -0.05) is 25.6 Å². The maximum atomic E-state index is 12.1. The fourth-order valence-corrected chi connectivity index (χ4v) is 2.85. The lowest BCUT2D eigenvalue weighted by molar-refractivity contribution is -0.144. The molecule has 0 aromatic heterocycles. The Balaban J connectivity index is 2.60. The molecule has 20 heavy (non-hydrogen) atoms. The summed E-state index contributed by atoms with van der Waals surface area (Å²) in [5, 5.41) is 2.64. The van der Waals surface area contributed by atoms with E-state index in [1.807, 2.05) is 0 Å². The van der Waals surface area contributed by atoms with E-state index in [-0.39, 0.29) is 4.99 Å². The van der Waals surface area contributed by atoms with Gasteiger partial charge in [-0.05, 0) is 31.6 Å². The van der Waals surface area contributed by atoms with Gasteiger partial charge in [-0.15, -0.1) is 0 Å². The Bertz CT molecular complexity index is 363. The van der Waals surface area contributed by atoms with E-state index in [1.54, 1.807) is 0 Å². The van der Waals surface area contributed by atoms with Crippen LogP contribution in [0.4, 0.5) is 13.2 Å². The third-order valence-electron chi connectivity index (χ3n) is 4.02. The zero-order valence-electron chi connectivity index (χ0n) is 11.6. The Labute approximate surface area is 122 Å². The molecule has 1 fully saturated rings. The predicted octanol–water partition coefficient (Wildman–Crippen LogP) is 3.07. The first-order valence-electron chi connectivity index (χ1n) is 6.86. The fourth-order valence-electron chi connectivity index (χ4n) is 2.60. The molecule has 116 valence electrons. The molecule has 0 saturated heterocycles. The van der Waals surface area contributed by atoms with Crippen LogP contribution in [0.2, 0.25) is 0 Å². The lowest BCUT2D eigenvalue weighted by Gasteiger charge is -2.40. The zero-order chi connectivity index (χ0) is 15.4. The van der Waals surface area contributed by atoms with E-state index in [4.69, 9.17) is 18.0 Å². The molecule has 1 amide bonds. The molecule has 1 saturated carbocycles. The van der Waals surface area contributed by atoms with Crippen molar-refractivity contribution in [3.63, 3.8) is 0 Å². The van der Waals surface area contributed by atoms with Crippen molar-refractivity contribution in [3.05, 3.63) is 0 Å². The molecule has 0 radical (unpaired) electrons. The molecule has 0 bridgehead atoms. The minimum absolute atomic E-state index is 0.174. The van der Waals surface area contributed by atoms with E-state index in [9.17, 15) is 18.0 Å². The van der Waals surface area contributed by atoms with Gasteiger partial charge in [-0.25, -0.2) is 0 Å². The SMILES string of the molecule is CCC1CCC(NC(=O)CCC(F)(F)F)(C(N)=S)CC1. The van der Waals surface area contributed by atoms with E-state index in [0.29, 0.717) is 18.8 Å². The third kappa shape index (κ3) is 4.92. The van der Waals surface area contributed by atoms with Crippen LogP contribution in [0.15, 0.2) is 0 Å². The molecule has 0 aromatic rings. The minimum Gasteiger partial charge on any atom is -0.391 e. The van der Waals surface area contributed by atoms with Gasteiger partial charge in [0.1, 0.15) is 0 Å². The van der Waals surface area contributed by atoms with Gasteiger partial charge in [-0.3, -0.25) is 4.79 Å². The van der Waals surface area contributed by atoms with Gasteiger partial charge < -0.3 is 11.1 Å². The lowest BCUT2D eigenvalue weighted by Crippen LogP contribution is -2.58. The second kappa shape index (κ2) is 6.74. The number of hydrogen-bond donors (Lipinski definition) is 2. The highest BCUT2D eigenvalue weighted by molar-refractivity contribution is 7.80. The number of alkyl halides is 3. The molecular weight excluding hydrogens is 289 g/mol. The highest BCUT2D eigenvalue weighted by Crippen LogP contribution is 2.34. The molecule has 0 atom stereocenters. The summed E-state index contributed by atoms with van der Waals surface area (Å²) in [6.07, 6.45) is -1.99. The van der Waals surface area contributed by atoms with Crippen LogP contribution in [-0.4, -0.2) is 22.6 Å². The van der Waals surface area contributed by atoms with Gasteiger partial charge in [-0.2, -0.15) is 13.2 Å². The van der Waals surface area contributed by atoms with Gasteiger partial charge in [0.05, 0.1) is 16.9 Å². The van der Waals surface area contributed by atoms with E-state index in [0.717, 1.165) is 19.3 Å². The molecule has 3 N–H and O–H groups in total. The van der Waals surface area contributed by atoms with Crippen molar-refractivity contribution in [2.24, 2.45) is 11.7 Å². The number of nitrogens with one attached hydrogen (secondary N) is 1. The molecule has 3 nitrogen and oxygen atoms in total. The zero-order valence-corrected chi connectivity index (χ0v) is 12.4. The van der Waals surface area contributed by atoms with Gasteiger partial charge >= 0.3 is 6.18 Å². The van der Waals surface area contributed by atoms with Gasteiger partial charge in [0.15, 0.2) is 0 Å². The first-order valence-corrected chi connectivity index (χ1v) is 7.27. The monoisotopic (exact) mass is 310 g/mol. The van der Waals surface area contributed by atoms with Crippen LogP contribution in [0.5, 0.6) is 0 Å². The molecule has 0 heterocycles. The molecule has 1 aliphatic carbocycles. The van der Waals surface area contributed by atoms with Crippen molar-refractivity contribution in [2.45, 2.75) is 63.6 Å². The molecule has 0 aliphatic heterocycles. The number of rotatable bonds is 5. The quantitative estimate of drug-likeness (QED) is 0.767. The Morgan fingerprint density at radius 1 is 1.40 bits per heavy atom. The Kier molecular flexibility index (Phi) is 5.79. The standard InChI is InChI=1S/C13H21F3N2OS/c1-2-9-3-6-12(7-4-9,11(17)20)18-10(19)5-8-13(14,15)16/h9H,2-8H2,1H3,(H2,17,20)(H,18,19). The summed E-state index contributed by atoms with van der Waals surface area (Å²) in [6.45, 7) is 2.10. The Hall–Kier alpha value is -0.850. The Morgan fingerprint density at radius 2 is 1.95 bits per heavy atom. The van der Waals surface area contributed by atoms with Crippen LogP contribution in [-0.2, 0) is 4.79 Å². The second-order valence-corrected chi connectivity index (χ2v) is 5.90. The number of hydrogen-bond acceptors (Lipinski definition) is 2. The van der Waals surface area contributed by atoms with Gasteiger partial charge in [0, 0.05) is 6.42 Å². The second-order valence-electron chi connectivity index (χ2n) is 5.46. The van der Waals surface area contributed by atoms with E-state index < -0.39 is 30.5 Å². The first-order chi connectivity index (χ1) is 9.18. The van der Waals surface area contributed by atoms with Gasteiger partial charge in [0.2, 0.25) is 5.91 Å². The number of halogens is 3. The van der Waals surface area contributed by atoms with Crippen LogP contribution in [0.3, 0.4) is 0 Å². The molecule has 0 spiro atoms. The molecule has 7 heteroatoms. The number of carbonyl (C=O) groups is 1. The van der Waals surface area contributed by atoms with Crippen molar-refractivity contribution >= 4 is 23.1 Å². The number of nitrogens with two attached hydrogens (primary N) is 1. The summed E-state index contributed by atoms with van der Waals surface area (Å²) in [6, 6.07) is 0. The molecule has 1 rings (SSSR count). The summed E-state index contributed by atoms with van der Waals surface area (Å²) in [5.74, 6) is -0.0605. The van der Waals surface area contributed by atoms with E-state index in [2.05, 4.69) is 12.2 Å². The summed E-state index contributed by atoms with van der Waals surface area (Å²) in [7, 11) is 0. The number of amides is 1. The maximum absolute atomic E-state index is 12.1. The topological polar surface area (TPSA) is 55.1 Å². The summed E-state index contributed by atoms with van der Waals surface area (Å²) >= 11 is 5.02. The number of thiocarbonyl (C=S) groups is 1. The highest BCUT2D eigenvalue weighted by Gasteiger charge is 2.39. The molecular formula is C13H21F3N2OS. The third-order valence-corrected chi connectivity index (χ3v) is 4.41. The van der Waals surface area contributed by atoms with Crippen LogP contribution in [0.1, 0.15) is 51.9 Å². The van der Waals surface area contributed by atoms with Crippen molar-refractivity contribution in [2.75, 3.05) is 0 Å². The maximum Gasteiger partial charge on any atom is 0.389 e. The highest BCUT2D eigenvalue weighted by atomic mass is 32.1. The van der Waals surface area contributed by atoms with Crippen LogP contribution in [0, 0.1) is 5.92 Å². The predicted molar refractivity (Wildman–Crippen MR) is 75.2 cm³/mol. The van der Waals surface area contributed by atoms with Crippen molar-refractivity contribution in [1.82, 2.24) is 5.32 Å². The van der Waals surface area contributed by atoms with E-state index >= 15 is 0 Å². The Morgan fingerprint density at radius 3 is 2.35 bits per heavy atom. The molecule has 0 aromatic carbocycles. The minimum atomic E-state index is -4.33. The van der Waals surface area contributed by atoms with E-state index in [1.165, 1.54) is 0 Å². The average molecular weight is 310 g/mol. The molecule has 0 unspecified atom stereocenters. The largest absolute Gasteiger partial charge is 0.391 e. The lowest BCUT2D eigenvalue weighted by atomic mass is 9.75. The summed E-state index contributed by atoms with van der Waals surface area (Å²) < 4.78 is 36.3. The van der Waals surface area contributed by atoms with Crippen LogP contribution < -0.4 is 11.1 Å². The van der Waals surface area contributed by atoms with Crippen molar-refractivity contribution in [3.8, 4) is 0 Å². The fraction of sp³-hybridized carbons (Fsp3) is 0.846. The van der Waals surface area contributed by atoms with Crippen molar-refractivity contribution < 1.29 is 18.0 Å². The first kappa shape index (κ1) is 17.2. The van der Waals surface area contributed by atoms with Crippen LogP contribution >= 0.6 is 12.2 Å². The van der Waals surface area contributed by atoms with Crippen molar-refractivity contribution in [1.29, 1.82) is 0 Å². The normalized spacial score (nSPS) is 27.1. The van der Waals surface area contributed by atoms with Gasteiger partial charge in [0.25, 0.3) is 0 Å². The number of carbonyl (C=O) groups excluding carboxylic acids is 1. The summed E-state index contributed by atoms with van der Waals surface area (Å²) in [4.78, 5) is 11.9. The smallest absolute Gasteiger partial charge is 0.389 e. The summed E-state index contributed by atoms with van der Waals surface area (Å²) in [5.41, 5.74) is 4.91. The average Bonchev–Trinajstić information content (AvgIpc) is 2.36. The van der Waals surface area contributed by atoms with Crippen LogP contribution in [0.25, 0.3) is 0 Å².